The molecule has 0 saturated heterocycles. The number of amidine groups is 1. The molecule has 2 aromatic carbocycles. The molecule has 156 valence electrons. The van der Waals surface area contributed by atoms with Crippen molar-refractivity contribution >= 4 is 34.5 Å². The topological polar surface area (TPSA) is 79.8 Å². The molecular formula is C23H25N3O3S. The van der Waals surface area contributed by atoms with E-state index in [9.17, 15) is 9.59 Å². The molecule has 0 aliphatic carbocycles. The number of benzene rings is 2. The molecule has 0 spiro atoms. The predicted molar refractivity (Wildman–Crippen MR) is 121 cm³/mol. The second kappa shape index (κ2) is 10.1. The Morgan fingerprint density at radius 3 is 2.60 bits per heavy atom. The molecule has 0 radical (unpaired) electrons. The first kappa shape index (κ1) is 21.6. The number of esters is 1. The molecule has 2 N–H and O–H groups in total. The van der Waals surface area contributed by atoms with Crippen molar-refractivity contribution in [2.45, 2.75) is 26.8 Å². The fourth-order valence-corrected chi connectivity index (χ4v) is 3.87. The van der Waals surface area contributed by atoms with Gasteiger partial charge in [0.25, 0.3) is 0 Å². The van der Waals surface area contributed by atoms with E-state index < -0.39 is 6.04 Å². The third-order valence-electron chi connectivity index (χ3n) is 4.47. The molecular weight excluding hydrogens is 398 g/mol. The van der Waals surface area contributed by atoms with Crippen molar-refractivity contribution < 1.29 is 14.3 Å². The average Bonchev–Trinajstić information content (AvgIpc) is 2.72. The number of nitrogens with zero attached hydrogens (tertiary/aromatic N) is 1. The standard InChI is InChI=1S/C23H25N3O3S/c1-4-29-22(28)20-16(3)24-23(26-21(20)17-10-6-5-7-11-17)30-14-19(27)25-18-12-8-9-15(2)13-18/h5-13,21H,4,14H2,1-3H3,(H,24,26)(H,25,27)/t21-/m1/s1. The van der Waals surface area contributed by atoms with Gasteiger partial charge in [-0.2, -0.15) is 0 Å². The minimum atomic E-state index is -0.478. The lowest BCUT2D eigenvalue weighted by Gasteiger charge is -2.25. The smallest absolute Gasteiger partial charge is 0.338 e. The van der Waals surface area contributed by atoms with E-state index in [-0.39, 0.29) is 17.6 Å². The van der Waals surface area contributed by atoms with Crippen LogP contribution in [0.25, 0.3) is 0 Å². The number of carbonyl (C=O) groups is 2. The van der Waals surface area contributed by atoms with Crippen LogP contribution in [0.5, 0.6) is 0 Å². The molecule has 1 heterocycles. The summed E-state index contributed by atoms with van der Waals surface area (Å²) in [5, 5.41) is 6.63. The molecule has 0 bridgehead atoms. The fraction of sp³-hybridized carbons (Fsp3) is 0.261. The first-order chi connectivity index (χ1) is 14.5. The maximum absolute atomic E-state index is 12.5. The van der Waals surface area contributed by atoms with Crippen molar-refractivity contribution in [3.63, 3.8) is 0 Å². The zero-order valence-electron chi connectivity index (χ0n) is 17.3. The van der Waals surface area contributed by atoms with Gasteiger partial charge in [-0.1, -0.05) is 54.2 Å². The van der Waals surface area contributed by atoms with Crippen LogP contribution in [0.3, 0.4) is 0 Å². The number of thioether (sulfide) groups is 1. The minimum absolute atomic E-state index is 0.121. The molecule has 1 aliphatic heterocycles. The third kappa shape index (κ3) is 5.51. The monoisotopic (exact) mass is 423 g/mol. The second-order valence-corrected chi connectivity index (χ2v) is 7.80. The lowest BCUT2D eigenvalue weighted by molar-refractivity contribution is -0.139. The molecule has 1 amide bonds. The van der Waals surface area contributed by atoms with Crippen LogP contribution in [-0.2, 0) is 14.3 Å². The molecule has 2 aromatic rings. The van der Waals surface area contributed by atoms with Crippen molar-refractivity contribution in [3.8, 4) is 0 Å². The fourth-order valence-electron chi connectivity index (χ4n) is 3.12. The number of carbonyl (C=O) groups excluding carboxylic acids is 2. The Kier molecular flexibility index (Phi) is 7.30. The highest BCUT2D eigenvalue weighted by atomic mass is 32.2. The average molecular weight is 424 g/mol. The normalized spacial score (nSPS) is 15.8. The number of aryl methyl sites for hydroxylation is 1. The van der Waals surface area contributed by atoms with Gasteiger partial charge < -0.3 is 15.4 Å². The predicted octanol–water partition coefficient (Wildman–Crippen LogP) is 4.20. The zero-order chi connectivity index (χ0) is 21.5. The first-order valence-electron chi connectivity index (χ1n) is 9.75. The Balaban J connectivity index is 1.74. The SMILES string of the molecule is CCOC(=O)C1=C(C)NC(SCC(=O)Nc2cccc(C)c2)=N[C@@H]1c1ccccc1. The number of nitrogens with one attached hydrogen (secondary N) is 2. The Hall–Kier alpha value is -3.06. The molecule has 0 saturated carbocycles. The van der Waals surface area contributed by atoms with Gasteiger partial charge >= 0.3 is 5.97 Å². The van der Waals surface area contributed by atoms with Gasteiger partial charge in [-0.05, 0) is 44.0 Å². The van der Waals surface area contributed by atoms with E-state index in [1.165, 1.54) is 11.8 Å². The highest BCUT2D eigenvalue weighted by Crippen LogP contribution is 2.32. The molecule has 0 unspecified atom stereocenters. The number of amides is 1. The van der Waals surface area contributed by atoms with Crippen LogP contribution in [-0.4, -0.2) is 29.4 Å². The molecule has 1 aliphatic rings. The van der Waals surface area contributed by atoms with Gasteiger partial charge in [-0.25, -0.2) is 9.79 Å². The summed E-state index contributed by atoms with van der Waals surface area (Å²) in [6.45, 7) is 5.87. The number of hydrogen-bond acceptors (Lipinski definition) is 6. The van der Waals surface area contributed by atoms with Crippen LogP contribution in [0, 0.1) is 6.92 Å². The number of allylic oxidation sites excluding steroid dienone is 1. The van der Waals surface area contributed by atoms with Gasteiger partial charge in [0.2, 0.25) is 5.91 Å². The summed E-state index contributed by atoms with van der Waals surface area (Å²) in [5.74, 6) is -0.311. The van der Waals surface area contributed by atoms with Crippen LogP contribution in [0.2, 0.25) is 0 Å². The number of hydrogen-bond donors (Lipinski definition) is 2. The highest BCUT2D eigenvalue weighted by Gasteiger charge is 2.30. The molecule has 0 fully saturated rings. The van der Waals surface area contributed by atoms with Crippen LogP contribution in [0.1, 0.15) is 31.0 Å². The molecule has 30 heavy (non-hydrogen) atoms. The van der Waals surface area contributed by atoms with E-state index in [1.807, 2.05) is 68.4 Å². The van der Waals surface area contributed by atoms with Crippen LogP contribution in [0.4, 0.5) is 5.69 Å². The third-order valence-corrected chi connectivity index (χ3v) is 5.36. The first-order valence-corrected chi connectivity index (χ1v) is 10.7. The van der Waals surface area contributed by atoms with E-state index in [4.69, 9.17) is 9.73 Å². The van der Waals surface area contributed by atoms with Crippen molar-refractivity contribution in [2.24, 2.45) is 4.99 Å². The summed E-state index contributed by atoms with van der Waals surface area (Å²) in [7, 11) is 0. The lowest BCUT2D eigenvalue weighted by Crippen LogP contribution is -2.31. The highest BCUT2D eigenvalue weighted by molar-refractivity contribution is 8.14. The van der Waals surface area contributed by atoms with Gasteiger partial charge in [0, 0.05) is 11.4 Å². The summed E-state index contributed by atoms with van der Waals surface area (Å²) in [5.41, 5.74) is 3.90. The zero-order valence-corrected chi connectivity index (χ0v) is 18.1. The Labute approximate surface area is 180 Å². The second-order valence-electron chi connectivity index (χ2n) is 6.84. The van der Waals surface area contributed by atoms with Gasteiger partial charge in [-0.3, -0.25) is 4.79 Å². The van der Waals surface area contributed by atoms with Crippen LogP contribution >= 0.6 is 11.8 Å². The lowest BCUT2D eigenvalue weighted by atomic mass is 9.97. The largest absolute Gasteiger partial charge is 0.463 e. The summed E-state index contributed by atoms with van der Waals surface area (Å²) >= 11 is 1.30. The van der Waals surface area contributed by atoms with E-state index in [2.05, 4.69) is 10.6 Å². The number of aliphatic imine (C=N–C) groups is 1. The maximum Gasteiger partial charge on any atom is 0.338 e. The number of ether oxygens (including phenoxy) is 1. The molecule has 1 atom stereocenters. The number of anilines is 1. The van der Waals surface area contributed by atoms with Gasteiger partial charge in [-0.15, -0.1) is 0 Å². The van der Waals surface area contributed by atoms with Crippen molar-refractivity contribution in [1.29, 1.82) is 0 Å². The van der Waals surface area contributed by atoms with E-state index >= 15 is 0 Å². The molecule has 0 aromatic heterocycles. The van der Waals surface area contributed by atoms with E-state index in [0.717, 1.165) is 16.8 Å². The molecule has 7 heteroatoms. The molecule has 6 nitrogen and oxygen atoms in total. The summed E-state index contributed by atoms with van der Waals surface area (Å²) in [6.07, 6.45) is 0. The minimum Gasteiger partial charge on any atom is -0.463 e. The maximum atomic E-state index is 12.5. The quantitative estimate of drug-likeness (QED) is 0.681. The number of rotatable bonds is 6. The Bertz CT molecular complexity index is 986. The van der Waals surface area contributed by atoms with Crippen LogP contribution in [0.15, 0.2) is 70.9 Å². The van der Waals surface area contributed by atoms with Gasteiger partial charge in [0.15, 0.2) is 5.17 Å². The van der Waals surface area contributed by atoms with E-state index in [1.54, 1.807) is 6.92 Å². The van der Waals surface area contributed by atoms with Gasteiger partial charge in [0.05, 0.1) is 17.9 Å². The van der Waals surface area contributed by atoms with Crippen LogP contribution < -0.4 is 10.6 Å². The molecule has 3 rings (SSSR count). The van der Waals surface area contributed by atoms with Crippen molar-refractivity contribution in [2.75, 3.05) is 17.7 Å². The summed E-state index contributed by atoms with van der Waals surface area (Å²) in [6, 6.07) is 16.8. The van der Waals surface area contributed by atoms with Crippen molar-refractivity contribution in [1.82, 2.24) is 5.32 Å². The van der Waals surface area contributed by atoms with E-state index in [0.29, 0.717) is 23.0 Å². The summed E-state index contributed by atoms with van der Waals surface area (Å²) < 4.78 is 5.24. The Morgan fingerprint density at radius 1 is 1.13 bits per heavy atom. The van der Waals surface area contributed by atoms with Crippen molar-refractivity contribution in [3.05, 3.63) is 77.0 Å². The Morgan fingerprint density at radius 2 is 1.90 bits per heavy atom. The summed E-state index contributed by atoms with van der Waals surface area (Å²) in [4.78, 5) is 29.6. The van der Waals surface area contributed by atoms with Gasteiger partial charge in [0.1, 0.15) is 6.04 Å².